The van der Waals surface area contributed by atoms with E-state index in [9.17, 15) is 30.0 Å². The minimum Gasteiger partial charge on any atom is -0.457 e. The third-order valence-corrected chi connectivity index (χ3v) is 9.07. The molecule has 4 aliphatic heterocycles. The molecule has 0 aromatic rings. The number of carbonyl (C=O) groups excluding carboxylic acids is 2. The van der Waals surface area contributed by atoms with Crippen LogP contribution in [0.1, 0.15) is 34.1 Å². The molecule has 6 fully saturated rings. The van der Waals surface area contributed by atoms with Crippen LogP contribution in [0.3, 0.4) is 0 Å². The first kappa shape index (κ1) is 19.4. The molecular formula is C20H26O10. The number of aliphatic hydroxyl groups excluding tert-OH is 3. The third kappa shape index (κ3) is 1.41. The van der Waals surface area contributed by atoms with E-state index in [1.165, 1.54) is 6.92 Å². The predicted molar refractivity (Wildman–Crippen MR) is 93.0 cm³/mol. The first-order chi connectivity index (χ1) is 13.8. The van der Waals surface area contributed by atoms with Gasteiger partial charge in [-0.2, -0.15) is 0 Å². The first-order valence-corrected chi connectivity index (χ1v) is 10.3. The average molecular weight is 426 g/mol. The molecule has 166 valence electrons. The van der Waals surface area contributed by atoms with Gasteiger partial charge in [0.25, 0.3) is 0 Å². The van der Waals surface area contributed by atoms with Crippen LogP contribution in [0, 0.1) is 28.1 Å². The van der Waals surface area contributed by atoms with E-state index < -0.39 is 88.2 Å². The second-order valence-corrected chi connectivity index (χ2v) is 10.9. The van der Waals surface area contributed by atoms with Crippen molar-refractivity contribution >= 4 is 11.9 Å². The fourth-order valence-corrected chi connectivity index (χ4v) is 8.35. The van der Waals surface area contributed by atoms with Crippen LogP contribution in [0.15, 0.2) is 0 Å². The molecule has 4 heterocycles. The Balaban J connectivity index is 1.70. The van der Waals surface area contributed by atoms with Gasteiger partial charge in [0.15, 0.2) is 12.4 Å². The molecule has 0 radical (unpaired) electrons. The van der Waals surface area contributed by atoms with Crippen LogP contribution in [0.5, 0.6) is 0 Å². The van der Waals surface area contributed by atoms with Gasteiger partial charge < -0.3 is 39.4 Å². The molecule has 6 aliphatic rings. The summed E-state index contributed by atoms with van der Waals surface area (Å²) in [6.07, 6.45) is -7.80. The summed E-state index contributed by atoms with van der Waals surface area (Å²) < 4.78 is 22.9. The van der Waals surface area contributed by atoms with Crippen LogP contribution in [-0.2, 0) is 28.5 Å². The maximum atomic E-state index is 13.4. The number of hydrogen-bond acceptors (Lipinski definition) is 10. The number of carbonyl (C=O) groups is 2. The molecule has 4 saturated heterocycles. The monoisotopic (exact) mass is 426 g/mol. The molecule has 6 unspecified atom stereocenters. The van der Waals surface area contributed by atoms with Crippen LogP contribution in [0.4, 0.5) is 0 Å². The second kappa shape index (κ2) is 4.87. The van der Waals surface area contributed by atoms with Crippen LogP contribution in [0.2, 0.25) is 0 Å². The Kier molecular flexibility index (Phi) is 3.15. The lowest BCUT2D eigenvalue weighted by Crippen LogP contribution is -2.66. The SMILES string of the molecule is C[C@@H]1C(O)OC2CC34C5OC(=O)[C@]3(OC3OC(=O)[C@H](O)C34[C@H](C(C)(C)C)[C@H]5O)[C@]21O. The Morgan fingerprint density at radius 1 is 1.10 bits per heavy atom. The highest BCUT2D eigenvalue weighted by atomic mass is 16.8. The quantitative estimate of drug-likeness (QED) is 0.334. The number of hydrogen-bond donors (Lipinski definition) is 4. The molecule has 0 amide bonds. The fraction of sp³-hybridized carbons (Fsp3) is 0.900. The van der Waals surface area contributed by atoms with Crippen molar-refractivity contribution in [2.75, 3.05) is 0 Å². The van der Waals surface area contributed by atoms with Crippen LogP contribution >= 0.6 is 0 Å². The molecule has 10 heteroatoms. The van der Waals surface area contributed by atoms with Crippen LogP contribution < -0.4 is 0 Å². The fourth-order valence-electron chi connectivity index (χ4n) is 8.35. The summed E-state index contributed by atoms with van der Waals surface area (Å²) in [6.45, 7) is 7.11. The summed E-state index contributed by atoms with van der Waals surface area (Å²) >= 11 is 0. The molecule has 0 aromatic carbocycles. The number of aliphatic hydroxyl groups is 4. The summed E-state index contributed by atoms with van der Waals surface area (Å²) in [6, 6.07) is 0. The maximum absolute atomic E-state index is 13.4. The van der Waals surface area contributed by atoms with Crippen LogP contribution in [-0.4, -0.2) is 80.6 Å². The normalized spacial score (nSPS) is 62.8. The molecule has 0 bridgehead atoms. The van der Waals surface area contributed by atoms with Crippen molar-refractivity contribution in [3.8, 4) is 0 Å². The van der Waals surface area contributed by atoms with E-state index in [4.69, 9.17) is 18.9 Å². The molecule has 30 heavy (non-hydrogen) atoms. The highest BCUT2D eigenvalue weighted by Crippen LogP contribution is 2.84. The predicted octanol–water partition coefficient (Wildman–Crippen LogP) is -1.58. The van der Waals surface area contributed by atoms with Crippen molar-refractivity contribution in [1.29, 1.82) is 0 Å². The molecule has 2 spiro atoms. The van der Waals surface area contributed by atoms with Crippen molar-refractivity contribution in [2.45, 2.75) is 82.3 Å². The summed E-state index contributed by atoms with van der Waals surface area (Å²) in [7, 11) is 0. The first-order valence-electron chi connectivity index (χ1n) is 10.3. The van der Waals surface area contributed by atoms with Gasteiger partial charge in [-0.15, -0.1) is 0 Å². The number of fused-ring (bicyclic) bond motifs is 1. The minimum absolute atomic E-state index is 0.0465. The van der Waals surface area contributed by atoms with E-state index in [1.54, 1.807) is 0 Å². The molecule has 0 aromatic heterocycles. The molecule has 2 saturated carbocycles. The van der Waals surface area contributed by atoms with Gasteiger partial charge in [-0.3, -0.25) is 0 Å². The zero-order valence-electron chi connectivity index (χ0n) is 17.1. The van der Waals surface area contributed by atoms with E-state index in [2.05, 4.69) is 0 Å². The van der Waals surface area contributed by atoms with Crippen LogP contribution in [0.25, 0.3) is 0 Å². The molecule has 10 nitrogen and oxygen atoms in total. The summed E-state index contributed by atoms with van der Waals surface area (Å²) in [4.78, 5) is 25.9. The Bertz CT molecular complexity index is 883. The van der Waals surface area contributed by atoms with E-state index in [1.807, 2.05) is 20.8 Å². The highest BCUT2D eigenvalue weighted by molar-refractivity contribution is 5.91. The lowest BCUT2D eigenvalue weighted by Gasteiger charge is -2.46. The smallest absolute Gasteiger partial charge is 0.342 e. The molecule has 12 atom stereocenters. The Morgan fingerprint density at radius 2 is 1.77 bits per heavy atom. The van der Waals surface area contributed by atoms with Gasteiger partial charge in [0.05, 0.1) is 23.0 Å². The van der Waals surface area contributed by atoms with Gasteiger partial charge in [0.1, 0.15) is 11.7 Å². The highest BCUT2D eigenvalue weighted by Gasteiger charge is 3.02. The summed E-state index contributed by atoms with van der Waals surface area (Å²) in [5.41, 5.74) is -7.71. The second-order valence-electron chi connectivity index (χ2n) is 10.9. The van der Waals surface area contributed by atoms with Gasteiger partial charge in [-0.1, -0.05) is 27.7 Å². The van der Waals surface area contributed by atoms with Crippen molar-refractivity contribution in [2.24, 2.45) is 28.1 Å². The van der Waals surface area contributed by atoms with Crippen molar-refractivity contribution in [1.82, 2.24) is 0 Å². The largest absolute Gasteiger partial charge is 0.457 e. The molecule has 2 aliphatic carbocycles. The maximum Gasteiger partial charge on any atom is 0.342 e. The van der Waals surface area contributed by atoms with Gasteiger partial charge in [-0.25, -0.2) is 9.59 Å². The number of ether oxygens (including phenoxy) is 4. The molecular weight excluding hydrogens is 400 g/mol. The van der Waals surface area contributed by atoms with Crippen molar-refractivity contribution < 1.29 is 49.0 Å². The standard InChI is InChI=1S/C20H26O10/c1-6-12(23)27-7-5-17-11-8(21)9(16(2,3)4)18(17)10(22)13(24)29-15(18)30-20(17,14(25)28-11)19(6,7)26/h6-12,15,21-23,26H,5H2,1-4H3/t6-,7?,8-,9+,10+,11?,12?,15?,17?,18?,19-,20-/m1/s1. The Morgan fingerprint density at radius 3 is 2.40 bits per heavy atom. The van der Waals surface area contributed by atoms with Gasteiger partial charge >= 0.3 is 11.9 Å². The van der Waals surface area contributed by atoms with E-state index >= 15 is 0 Å². The zero-order chi connectivity index (χ0) is 21.8. The van der Waals surface area contributed by atoms with Crippen molar-refractivity contribution in [3.63, 3.8) is 0 Å². The minimum atomic E-state index is -2.06. The summed E-state index contributed by atoms with van der Waals surface area (Å²) in [5.74, 6) is -3.48. The molecule has 6 rings (SSSR count). The molecule has 4 N–H and O–H groups in total. The lowest BCUT2D eigenvalue weighted by molar-refractivity contribution is -0.239. The van der Waals surface area contributed by atoms with Gasteiger partial charge in [0.2, 0.25) is 11.9 Å². The van der Waals surface area contributed by atoms with E-state index in [-0.39, 0.29) is 6.42 Å². The van der Waals surface area contributed by atoms with E-state index in [0.29, 0.717) is 0 Å². The van der Waals surface area contributed by atoms with E-state index in [0.717, 1.165) is 0 Å². The van der Waals surface area contributed by atoms with Gasteiger partial charge in [0, 0.05) is 11.8 Å². The zero-order valence-corrected chi connectivity index (χ0v) is 17.1. The number of esters is 2. The average Bonchev–Trinajstić information content (AvgIpc) is 3.32. The topological polar surface area (TPSA) is 152 Å². The lowest BCUT2D eigenvalue weighted by atomic mass is 9.51. The van der Waals surface area contributed by atoms with Crippen molar-refractivity contribution in [3.05, 3.63) is 0 Å². The Labute approximate surface area is 172 Å². The van der Waals surface area contributed by atoms with Gasteiger partial charge in [-0.05, 0) is 11.8 Å². The Hall–Kier alpha value is -1.30. The number of rotatable bonds is 0. The summed E-state index contributed by atoms with van der Waals surface area (Å²) in [5, 5.41) is 44.8. The third-order valence-electron chi connectivity index (χ3n) is 9.07.